The fourth-order valence-electron chi connectivity index (χ4n) is 3.30. The molecule has 19 heteroatoms. The maximum absolute atomic E-state index is 11.1. The first-order valence-corrected chi connectivity index (χ1v) is 14.7. The zero-order chi connectivity index (χ0) is 38.2. The topological polar surface area (TPSA) is 285 Å². The molecule has 0 aliphatic rings. The van der Waals surface area contributed by atoms with E-state index in [1.807, 2.05) is 46.2 Å². The van der Waals surface area contributed by atoms with Gasteiger partial charge in [-0.1, -0.05) is 39.8 Å². The van der Waals surface area contributed by atoms with Crippen molar-refractivity contribution in [3.63, 3.8) is 0 Å². The monoisotopic (exact) mass is 857 g/mol. The zero-order valence-corrected chi connectivity index (χ0v) is 33.0. The number of carboxylic acids is 4. The van der Waals surface area contributed by atoms with Gasteiger partial charge in [-0.2, -0.15) is 0 Å². The van der Waals surface area contributed by atoms with Gasteiger partial charge < -0.3 is 60.0 Å². The first kappa shape index (κ1) is 63.5. The number of carboxylic acid groups (broad SMARTS) is 4. The predicted molar refractivity (Wildman–Crippen MR) is 160 cm³/mol. The fourth-order valence-corrected chi connectivity index (χ4v) is 3.30. The SMILES string of the molecule is CC(=O)[O-].CC(=O)[O-].CC(=O)[O-].CC(=O)[O-].C[C@@H]([O-])CN(Cc1ccccn1)C[C@@H](C)[O-].C[C@H]([O-])CN(Cc1ccccn1)C[C@H](C)[O-].[Co+3].[Co+3].[Co+3]. The van der Waals surface area contributed by atoms with Gasteiger partial charge in [-0.15, -0.1) is 24.4 Å². The molecule has 2 aromatic rings. The van der Waals surface area contributed by atoms with Crippen LogP contribution in [-0.4, -0.2) is 94.2 Å². The van der Waals surface area contributed by atoms with E-state index >= 15 is 0 Å². The van der Waals surface area contributed by atoms with Gasteiger partial charge >= 0.3 is 50.3 Å². The van der Waals surface area contributed by atoms with Crippen molar-refractivity contribution in [3.05, 3.63) is 60.2 Å². The van der Waals surface area contributed by atoms with Crippen molar-refractivity contribution >= 4 is 23.9 Å². The van der Waals surface area contributed by atoms with Crippen LogP contribution in [0.2, 0.25) is 0 Å². The Morgan fingerprint density at radius 3 is 0.843 bits per heavy atom. The molecule has 0 aliphatic heterocycles. The van der Waals surface area contributed by atoms with Gasteiger partial charge in [0.2, 0.25) is 0 Å². The summed E-state index contributed by atoms with van der Waals surface area (Å²) in [5, 5.41) is 80.1. The van der Waals surface area contributed by atoms with Crippen LogP contribution in [0.15, 0.2) is 48.8 Å². The number of nitrogens with zero attached hydrogens (tertiary/aromatic N) is 4. The molecule has 51 heavy (non-hydrogen) atoms. The molecule has 2 rings (SSSR count). The fraction of sp³-hybridized carbons (Fsp3) is 0.562. The summed E-state index contributed by atoms with van der Waals surface area (Å²) in [6.45, 7) is 13.0. The molecular weight excluding hydrogens is 809 g/mol. The first-order chi connectivity index (χ1) is 22.1. The molecule has 0 aliphatic carbocycles. The van der Waals surface area contributed by atoms with Gasteiger partial charge in [0.1, 0.15) is 0 Å². The quantitative estimate of drug-likeness (QED) is 0.192. The largest absolute Gasteiger partial charge is 3.00 e. The van der Waals surface area contributed by atoms with Crippen LogP contribution in [0.3, 0.4) is 0 Å². The molecule has 4 atom stereocenters. The van der Waals surface area contributed by atoms with Gasteiger partial charge in [-0.25, -0.2) is 0 Å². The average molecular weight is 858 g/mol. The van der Waals surface area contributed by atoms with Crippen molar-refractivity contribution in [2.45, 2.75) is 92.9 Å². The van der Waals surface area contributed by atoms with Gasteiger partial charge in [0.25, 0.3) is 0 Å². The summed E-state index contributed by atoms with van der Waals surface area (Å²) in [4.78, 5) is 47.7. The molecule has 16 nitrogen and oxygen atoms in total. The van der Waals surface area contributed by atoms with Gasteiger partial charge in [0.05, 0.1) is 11.4 Å². The standard InChI is InChI=1S/2C12H18N2O2.4C2H4O2.3Co/c2*1-10(15)7-14(8-11(2)16)9-12-5-3-4-6-13-12;4*1-2(3)4;;;/h2*3-6,10-11H,7-9H2,1-2H3;4*1H3,(H,3,4);;;/q2*-2;;;;;3*+3/p-4/t2*10-,11-;;;;;;;/m10......./s1. The van der Waals surface area contributed by atoms with Crippen molar-refractivity contribution in [1.82, 2.24) is 19.8 Å². The summed E-state index contributed by atoms with van der Waals surface area (Å²) in [5.41, 5.74) is 1.78. The van der Waals surface area contributed by atoms with Crippen molar-refractivity contribution in [3.8, 4) is 0 Å². The van der Waals surface area contributed by atoms with Crippen LogP contribution in [-0.2, 0) is 82.6 Å². The maximum Gasteiger partial charge on any atom is 3.00 e. The Balaban J connectivity index is -0.000000103. The van der Waals surface area contributed by atoms with Gasteiger partial charge in [0, 0.05) is 49.4 Å². The summed E-state index contributed by atoms with van der Waals surface area (Å²) >= 11 is 0. The van der Waals surface area contributed by atoms with E-state index in [-0.39, 0.29) is 50.3 Å². The Hall–Kier alpha value is -2.54. The van der Waals surface area contributed by atoms with Gasteiger partial charge in [-0.05, 0) is 78.1 Å². The Morgan fingerprint density at radius 1 is 0.510 bits per heavy atom. The minimum atomic E-state index is -1.08. The van der Waals surface area contributed by atoms with Crippen LogP contribution < -0.4 is 40.9 Å². The summed E-state index contributed by atoms with van der Waals surface area (Å²) in [7, 11) is 0. The Morgan fingerprint density at radius 2 is 0.706 bits per heavy atom. The minimum Gasteiger partial charge on any atom is -0.851 e. The molecule has 0 fully saturated rings. The van der Waals surface area contributed by atoms with Crippen LogP contribution in [0.5, 0.6) is 0 Å². The maximum atomic E-state index is 11.1. The van der Waals surface area contributed by atoms with Crippen LogP contribution in [0, 0.1) is 0 Å². The minimum absolute atomic E-state index is 0. The van der Waals surface area contributed by atoms with E-state index in [2.05, 4.69) is 9.97 Å². The molecule has 0 radical (unpaired) electrons. The summed E-state index contributed by atoms with van der Waals surface area (Å²) in [5.74, 6) is -4.33. The van der Waals surface area contributed by atoms with E-state index in [0.717, 1.165) is 39.1 Å². The normalized spacial score (nSPS) is 11.4. The number of hydrogen-bond donors (Lipinski definition) is 0. The molecule has 0 amide bonds. The summed E-state index contributed by atoms with van der Waals surface area (Å²) in [6.07, 6.45) is 0.721. The number of carbonyl (C=O) groups excluding carboxylic acids is 4. The molecule has 0 spiro atoms. The molecule has 2 heterocycles. The number of aromatic nitrogens is 2. The average Bonchev–Trinajstić information content (AvgIpc) is 2.87. The molecule has 294 valence electrons. The van der Waals surface area contributed by atoms with E-state index in [1.165, 1.54) is 0 Å². The Kier molecular flexibility index (Phi) is 52.1. The second-order valence-corrected chi connectivity index (χ2v) is 10.2. The number of carbonyl (C=O) groups is 4. The smallest absolute Gasteiger partial charge is 0.851 e. The van der Waals surface area contributed by atoms with E-state index < -0.39 is 48.3 Å². The molecule has 0 saturated heterocycles. The van der Waals surface area contributed by atoms with E-state index in [0.29, 0.717) is 39.3 Å². The van der Waals surface area contributed by atoms with Gasteiger partial charge in [-0.3, -0.25) is 19.8 Å². The molecular formula is C32H48Co3N4O12+. The second-order valence-electron chi connectivity index (χ2n) is 10.2. The molecule has 0 unspecified atom stereocenters. The van der Waals surface area contributed by atoms with Crippen molar-refractivity contribution in [2.75, 3.05) is 26.2 Å². The van der Waals surface area contributed by atoms with Crippen molar-refractivity contribution in [2.24, 2.45) is 0 Å². The second kappa shape index (κ2) is 41.9. The number of aliphatic carboxylic acids is 4. The number of rotatable bonds is 12. The first-order valence-electron chi connectivity index (χ1n) is 14.7. The van der Waals surface area contributed by atoms with Crippen LogP contribution in [0.25, 0.3) is 0 Å². The van der Waals surface area contributed by atoms with E-state index in [1.54, 1.807) is 40.1 Å². The predicted octanol–water partition coefficient (Wildman–Crippen LogP) is -6.22. The van der Waals surface area contributed by atoms with Crippen LogP contribution in [0.1, 0.15) is 66.8 Å². The zero-order valence-electron chi connectivity index (χ0n) is 29.9. The molecule has 2 aromatic heterocycles. The summed E-state index contributed by atoms with van der Waals surface area (Å²) in [6, 6.07) is 11.3. The third-order valence-corrected chi connectivity index (χ3v) is 4.28. The third-order valence-electron chi connectivity index (χ3n) is 4.28. The Labute approximate surface area is 331 Å². The number of hydrogen-bond acceptors (Lipinski definition) is 16. The third kappa shape index (κ3) is 69.9. The van der Waals surface area contributed by atoms with Crippen molar-refractivity contribution < 1.29 is 110 Å². The summed E-state index contributed by atoms with van der Waals surface area (Å²) < 4.78 is 0. The molecule has 0 N–H and O–H groups in total. The molecule has 0 saturated carbocycles. The number of pyridine rings is 2. The van der Waals surface area contributed by atoms with E-state index in [4.69, 9.17) is 39.6 Å². The molecule has 0 bridgehead atoms. The van der Waals surface area contributed by atoms with E-state index in [9.17, 15) is 20.4 Å². The van der Waals surface area contributed by atoms with Gasteiger partial charge in [0.15, 0.2) is 0 Å². The molecule has 0 aromatic carbocycles. The van der Waals surface area contributed by atoms with Crippen LogP contribution >= 0.6 is 0 Å². The van der Waals surface area contributed by atoms with Crippen molar-refractivity contribution in [1.29, 1.82) is 0 Å². The Bertz CT molecular complexity index is 944. The van der Waals surface area contributed by atoms with Crippen LogP contribution in [0.4, 0.5) is 0 Å².